The first-order valence-corrected chi connectivity index (χ1v) is 6.90. The van der Waals surface area contributed by atoms with Crippen LogP contribution in [0.3, 0.4) is 0 Å². The molecule has 2 rings (SSSR count). The van der Waals surface area contributed by atoms with Crippen LogP contribution >= 0.6 is 50.5 Å². The molecule has 0 unspecified atom stereocenters. The van der Waals surface area contributed by atoms with E-state index in [9.17, 15) is 4.79 Å². The van der Waals surface area contributed by atoms with Gasteiger partial charge in [-0.05, 0) is 40.2 Å². The van der Waals surface area contributed by atoms with E-state index in [4.69, 9.17) is 28.9 Å². The topological polar surface area (TPSA) is 43.1 Å². The number of carbonyl (C=O) groups is 1. The van der Waals surface area contributed by atoms with Gasteiger partial charge in [-0.1, -0.05) is 23.2 Å². The van der Waals surface area contributed by atoms with Gasteiger partial charge >= 0.3 is 0 Å². The second kappa shape index (κ2) is 4.98. The summed E-state index contributed by atoms with van der Waals surface area (Å²) in [4.78, 5) is 12.7. The van der Waals surface area contributed by atoms with Crippen LogP contribution in [0, 0.1) is 0 Å². The number of halogens is 3. The summed E-state index contributed by atoms with van der Waals surface area (Å²) in [6.07, 6.45) is 0. The van der Waals surface area contributed by atoms with Crippen LogP contribution in [-0.2, 0) is 0 Å². The van der Waals surface area contributed by atoms with Crippen molar-refractivity contribution in [3.05, 3.63) is 48.5 Å². The van der Waals surface area contributed by atoms with Crippen LogP contribution in [0.1, 0.15) is 15.2 Å². The minimum absolute atomic E-state index is 0.181. The molecule has 0 saturated heterocycles. The molecule has 88 valence electrons. The predicted octanol–water partition coefficient (Wildman–Crippen LogP) is 4.63. The molecule has 0 spiro atoms. The number of hydrogen-bond donors (Lipinski definition) is 1. The van der Waals surface area contributed by atoms with Crippen LogP contribution < -0.4 is 5.73 Å². The number of anilines is 1. The van der Waals surface area contributed by atoms with E-state index in [0.29, 0.717) is 26.2 Å². The molecule has 0 atom stereocenters. The zero-order valence-corrected chi connectivity index (χ0v) is 12.3. The van der Waals surface area contributed by atoms with Gasteiger partial charge in [-0.25, -0.2) is 0 Å². The van der Waals surface area contributed by atoms with Gasteiger partial charge in [-0.15, -0.1) is 11.3 Å². The van der Waals surface area contributed by atoms with Crippen LogP contribution in [0.2, 0.25) is 10.0 Å². The maximum atomic E-state index is 12.2. The molecule has 1 aromatic carbocycles. The summed E-state index contributed by atoms with van der Waals surface area (Å²) in [6.45, 7) is 0. The van der Waals surface area contributed by atoms with E-state index in [-0.39, 0.29) is 5.78 Å². The standard InChI is InChI=1S/C11H6BrCl2NOS/c12-11-8(14)4-9(17-11)10(16)6-3-5(15)1-2-7(6)13/h1-4H,15H2. The Labute approximate surface area is 120 Å². The fourth-order valence-electron chi connectivity index (χ4n) is 1.31. The summed E-state index contributed by atoms with van der Waals surface area (Å²) in [5, 5.41) is 0.892. The maximum absolute atomic E-state index is 12.2. The minimum Gasteiger partial charge on any atom is -0.399 e. The molecule has 0 bridgehead atoms. The molecule has 0 aliphatic rings. The van der Waals surface area contributed by atoms with E-state index < -0.39 is 0 Å². The van der Waals surface area contributed by atoms with E-state index in [1.807, 2.05) is 0 Å². The van der Waals surface area contributed by atoms with Gasteiger partial charge in [0, 0.05) is 11.3 Å². The number of nitrogens with two attached hydrogens (primary N) is 1. The van der Waals surface area contributed by atoms with Crippen molar-refractivity contribution in [1.29, 1.82) is 0 Å². The second-order valence-corrected chi connectivity index (χ2v) is 6.49. The fourth-order valence-corrected chi connectivity index (χ4v) is 3.17. The van der Waals surface area contributed by atoms with Crippen molar-refractivity contribution in [3.63, 3.8) is 0 Å². The molecule has 0 fully saturated rings. The van der Waals surface area contributed by atoms with Crippen molar-refractivity contribution in [3.8, 4) is 0 Å². The first-order valence-electron chi connectivity index (χ1n) is 4.53. The molecule has 0 aliphatic carbocycles. The van der Waals surface area contributed by atoms with Crippen LogP contribution in [-0.4, -0.2) is 5.78 Å². The molecule has 0 aliphatic heterocycles. The van der Waals surface area contributed by atoms with Gasteiger partial charge in [-0.2, -0.15) is 0 Å². The molecule has 2 nitrogen and oxygen atoms in total. The van der Waals surface area contributed by atoms with E-state index in [1.54, 1.807) is 24.3 Å². The van der Waals surface area contributed by atoms with Crippen LogP contribution in [0.15, 0.2) is 28.1 Å². The molecule has 6 heteroatoms. The van der Waals surface area contributed by atoms with E-state index >= 15 is 0 Å². The number of nitrogen functional groups attached to an aromatic ring is 1. The summed E-state index contributed by atoms with van der Waals surface area (Å²) >= 11 is 16.4. The Balaban J connectivity index is 2.47. The Bertz CT molecular complexity index is 578. The lowest BCUT2D eigenvalue weighted by molar-refractivity contribution is 0.104. The average Bonchev–Trinajstić information content (AvgIpc) is 2.62. The third-order valence-electron chi connectivity index (χ3n) is 2.10. The van der Waals surface area contributed by atoms with Gasteiger partial charge in [-0.3, -0.25) is 4.79 Å². The molecule has 0 saturated carbocycles. The first-order chi connectivity index (χ1) is 7.99. The Kier molecular flexibility index (Phi) is 3.78. The lowest BCUT2D eigenvalue weighted by Gasteiger charge is -2.02. The van der Waals surface area contributed by atoms with Crippen molar-refractivity contribution >= 4 is 61.9 Å². The van der Waals surface area contributed by atoms with Gasteiger partial charge < -0.3 is 5.73 Å². The summed E-state index contributed by atoms with van der Waals surface area (Å²) in [5.41, 5.74) is 6.52. The Hall–Kier alpha value is -0.550. The largest absolute Gasteiger partial charge is 0.399 e. The van der Waals surface area contributed by atoms with E-state index in [0.717, 1.165) is 3.79 Å². The van der Waals surface area contributed by atoms with Crippen LogP contribution in [0.5, 0.6) is 0 Å². The maximum Gasteiger partial charge on any atom is 0.204 e. The average molecular weight is 351 g/mol. The van der Waals surface area contributed by atoms with Gasteiger partial charge in [0.2, 0.25) is 5.78 Å². The van der Waals surface area contributed by atoms with Crippen molar-refractivity contribution in [2.45, 2.75) is 0 Å². The lowest BCUT2D eigenvalue weighted by Crippen LogP contribution is -2.00. The Morgan fingerprint density at radius 1 is 1.24 bits per heavy atom. The SMILES string of the molecule is Nc1ccc(Cl)c(C(=O)c2cc(Cl)c(Br)s2)c1. The van der Waals surface area contributed by atoms with Crippen LogP contribution in [0.25, 0.3) is 0 Å². The molecular formula is C11H6BrCl2NOS. The first kappa shape index (κ1) is 12.9. The van der Waals surface area contributed by atoms with Crippen molar-refractivity contribution in [2.75, 3.05) is 5.73 Å². The van der Waals surface area contributed by atoms with Gasteiger partial charge in [0.1, 0.15) is 0 Å². The highest BCUT2D eigenvalue weighted by Gasteiger charge is 2.17. The smallest absolute Gasteiger partial charge is 0.204 e. The molecular weight excluding hydrogens is 345 g/mol. The molecule has 2 N–H and O–H groups in total. The van der Waals surface area contributed by atoms with Crippen molar-refractivity contribution in [1.82, 2.24) is 0 Å². The van der Waals surface area contributed by atoms with Crippen molar-refractivity contribution < 1.29 is 4.79 Å². The normalized spacial score (nSPS) is 10.5. The Morgan fingerprint density at radius 2 is 1.94 bits per heavy atom. The van der Waals surface area contributed by atoms with Crippen molar-refractivity contribution in [2.24, 2.45) is 0 Å². The molecule has 0 amide bonds. The lowest BCUT2D eigenvalue weighted by atomic mass is 10.1. The van der Waals surface area contributed by atoms with Crippen LogP contribution in [0.4, 0.5) is 5.69 Å². The fraction of sp³-hybridized carbons (Fsp3) is 0. The highest BCUT2D eigenvalue weighted by molar-refractivity contribution is 9.11. The highest BCUT2D eigenvalue weighted by Crippen LogP contribution is 2.34. The summed E-state index contributed by atoms with van der Waals surface area (Å²) in [7, 11) is 0. The number of benzene rings is 1. The Morgan fingerprint density at radius 3 is 2.53 bits per heavy atom. The highest BCUT2D eigenvalue weighted by atomic mass is 79.9. The number of carbonyl (C=O) groups excluding carboxylic acids is 1. The minimum atomic E-state index is -0.181. The zero-order valence-electron chi connectivity index (χ0n) is 8.34. The second-order valence-electron chi connectivity index (χ2n) is 3.30. The number of ketones is 1. The number of hydrogen-bond acceptors (Lipinski definition) is 3. The third kappa shape index (κ3) is 2.65. The van der Waals surface area contributed by atoms with Gasteiger partial charge in [0.05, 0.1) is 18.7 Å². The third-order valence-corrected chi connectivity index (χ3v) is 4.91. The summed E-state index contributed by atoms with van der Waals surface area (Å²) < 4.78 is 0.725. The molecule has 0 radical (unpaired) electrons. The number of thiophene rings is 1. The molecule has 1 aromatic heterocycles. The van der Waals surface area contributed by atoms with E-state index in [1.165, 1.54) is 11.3 Å². The monoisotopic (exact) mass is 349 g/mol. The molecule has 1 heterocycles. The van der Waals surface area contributed by atoms with Gasteiger partial charge in [0.15, 0.2) is 0 Å². The van der Waals surface area contributed by atoms with E-state index in [2.05, 4.69) is 15.9 Å². The number of rotatable bonds is 2. The molecule has 17 heavy (non-hydrogen) atoms. The van der Waals surface area contributed by atoms with Gasteiger partial charge in [0.25, 0.3) is 0 Å². The quantitative estimate of drug-likeness (QED) is 0.633. The molecule has 2 aromatic rings. The summed E-state index contributed by atoms with van der Waals surface area (Å²) in [5.74, 6) is -0.181. The zero-order chi connectivity index (χ0) is 12.6. The summed E-state index contributed by atoms with van der Waals surface area (Å²) in [6, 6.07) is 6.43. The predicted molar refractivity (Wildman–Crippen MR) is 76.3 cm³/mol.